The molecule has 0 aliphatic heterocycles. The number of hydrogen-bond acceptors (Lipinski definition) is 3. The van der Waals surface area contributed by atoms with Crippen molar-refractivity contribution in [3.05, 3.63) is 24.3 Å². The molecule has 1 atom stereocenters. The minimum Gasteiger partial charge on any atom is -0.383 e. The Morgan fingerprint density at radius 2 is 1.60 bits per heavy atom. The summed E-state index contributed by atoms with van der Waals surface area (Å²) in [6, 6.07) is 4.77. The van der Waals surface area contributed by atoms with E-state index >= 15 is 0 Å². The van der Waals surface area contributed by atoms with Crippen LogP contribution in [0.4, 0.5) is 18.9 Å². The Labute approximate surface area is 117 Å². The molecule has 114 valence electrons. The predicted octanol–water partition coefficient (Wildman–Crippen LogP) is 3.83. The Hall–Kier alpha value is -1.24. The molecule has 0 bridgehead atoms. The van der Waals surface area contributed by atoms with Crippen molar-refractivity contribution in [2.75, 3.05) is 5.32 Å². The smallest absolute Gasteiger partial charge is 0.383 e. The largest absolute Gasteiger partial charge is 0.501 e. The summed E-state index contributed by atoms with van der Waals surface area (Å²) in [4.78, 5) is -0.743. The molecule has 1 unspecified atom stereocenters. The van der Waals surface area contributed by atoms with Crippen LogP contribution in [0.2, 0.25) is 0 Å². The summed E-state index contributed by atoms with van der Waals surface area (Å²) in [5.41, 5.74) is -4.67. The van der Waals surface area contributed by atoms with Crippen LogP contribution in [-0.2, 0) is 9.84 Å². The average molecular weight is 309 g/mol. The molecule has 0 saturated heterocycles. The van der Waals surface area contributed by atoms with Crippen LogP contribution in [0.15, 0.2) is 29.2 Å². The van der Waals surface area contributed by atoms with E-state index in [0.29, 0.717) is 11.6 Å². The Balaban J connectivity index is 2.85. The molecule has 0 aliphatic carbocycles. The molecule has 0 saturated carbocycles. The molecule has 1 aromatic rings. The first-order chi connectivity index (χ1) is 9.04. The van der Waals surface area contributed by atoms with E-state index in [0.717, 1.165) is 18.6 Å². The van der Waals surface area contributed by atoms with Gasteiger partial charge in [0.25, 0.3) is 9.84 Å². The minimum absolute atomic E-state index is 0.153. The maximum Gasteiger partial charge on any atom is 0.501 e. The number of nitrogens with one attached hydrogen (secondary N) is 1. The lowest BCUT2D eigenvalue weighted by molar-refractivity contribution is -0.0436. The summed E-state index contributed by atoms with van der Waals surface area (Å²) in [5.74, 6) is 0.488. The van der Waals surface area contributed by atoms with Crippen LogP contribution in [0.1, 0.15) is 27.2 Å². The van der Waals surface area contributed by atoms with Crippen molar-refractivity contribution in [2.24, 2.45) is 5.92 Å². The van der Waals surface area contributed by atoms with Crippen molar-refractivity contribution in [3.63, 3.8) is 0 Å². The summed E-state index contributed by atoms with van der Waals surface area (Å²) in [7, 11) is -5.27. The van der Waals surface area contributed by atoms with E-state index in [1.54, 1.807) is 0 Å². The molecule has 0 heterocycles. The summed E-state index contributed by atoms with van der Waals surface area (Å²) in [6.07, 6.45) is 0.905. The number of sulfone groups is 1. The zero-order valence-electron chi connectivity index (χ0n) is 11.5. The normalized spacial score (nSPS) is 14.3. The fourth-order valence-corrected chi connectivity index (χ4v) is 2.68. The van der Waals surface area contributed by atoms with Gasteiger partial charge in [0, 0.05) is 11.7 Å². The quantitative estimate of drug-likeness (QED) is 0.899. The SMILES string of the molecule is CC(C)CC(C)Nc1ccc(S(=O)(=O)C(F)(F)F)cc1. The number of benzene rings is 1. The highest BCUT2D eigenvalue weighted by molar-refractivity contribution is 7.92. The van der Waals surface area contributed by atoms with Crippen molar-refractivity contribution < 1.29 is 21.6 Å². The summed E-state index contributed by atoms with van der Waals surface area (Å²) >= 11 is 0. The van der Waals surface area contributed by atoms with Crippen molar-refractivity contribution in [1.82, 2.24) is 0 Å². The standard InChI is InChI=1S/C13H18F3NO2S/c1-9(2)8-10(3)17-11-4-6-12(7-5-11)20(18,19)13(14,15)16/h4-7,9-10,17H,8H2,1-3H3. The highest BCUT2D eigenvalue weighted by Crippen LogP contribution is 2.30. The number of hydrogen-bond donors (Lipinski definition) is 1. The first kappa shape index (κ1) is 16.8. The van der Waals surface area contributed by atoms with E-state index in [4.69, 9.17) is 0 Å². The van der Waals surface area contributed by atoms with Gasteiger partial charge in [-0.25, -0.2) is 8.42 Å². The van der Waals surface area contributed by atoms with Crippen LogP contribution >= 0.6 is 0 Å². The van der Waals surface area contributed by atoms with Gasteiger partial charge in [-0.3, -0.25) is 0 Å². The molecule has 1 rings (SSSR count). The van der Waals surface area contributed by atoms with Crippen molar-refractivity contribution in [3.8, 4) is 0 Å². The van der Waals surface area contributed by atoms with Crippen LogP contribution in [0.25, 0.3) is 0 Å². The van der Waals surface area contributed by atoms with Gasteiger partial charge in [-0.2, -0.15) is 13.2 Å². The van der Waals surface area contributed by atoms with Gasteiger partial charge in [0.05, 0.1) is 4.90 Å². The van der Waals surface area contributed by atoms with Gasteiger partial charge in [0.2, 0.25) is 0 Å². The molecule has 0 aromatic heterocycles. The van der Waals surface area contributed by atoms with Crippen LogP contribution in [0.3, 0.4) is 0 Å². The molecule has 7 heteroatoms. The molecule has 0 fully saturated rings. The van der Waals surface area contributed by atoms with Gasteiger partial charge in [-0.1, -0.05) is 13.8 Å². The topological polar surface area (TPSA) is 46.2 Å². The van der Waals surface area contributed by atoms with Crippen molar-refractivity contribution in [1.29, 1.82) is 0 Å². The lowest BCUT2D eigenvalue weighted by Gasteiger charge is -2.17. The second-order valence-corrected chi connectivity index (χ2v) is 7.09. The number of alkyl halides is 3. The van der Waals surface area contributed by atoms with E-state index in [1.165, 1.54) is 12.1 Å². The molecule has 1 N–H and O–H groups in total. The lowest BCUT2D eigenvalue weighted by atomic mass is 10.1. The Morgan fingerprint density at radius 3 is 2.00 bits per heavy atom. The molecule has 0 aliphatic rings. The third kappa shape index (κ3) is 4.13. The zero-order valence-corrected chi connectivity index (χ0v) is 12.3. The molecule has 3 nitrogen and oxygen atoms in total. The number of halogens is 3. The predicted molar refractivity (Wildman–Crippen MR) is 72.2 cm³/mol. The summed E-state index contributed by atoms with van der Waals surface area (Å²) < 4.78 is 59.5. The molecule has 0 radical (unpaired) electrons. The summed E-state index contributed by atoms with van der Waals surface area (Å²) in [6.45, 7) is 6.09. The van der Waals surface area contributed by atoms with Crippen molar-refractivity contribution >= 4 is 15.5 Å². The fourth-order valence-electron chi connectivity index (χ4n) is 1.91. The molecule has 1 aromatic carbocycles. The van der Waals surface area contributed by atoms with E-state index in [9.17, 15) is 21.6 Å². The molecule has 0 spiro atoms. The summed E-state index contributed by atoms with van der Waals surface area (Å²) in [5, 5.41) is 3.11. The number of rotatable bonds is 5. The van der Waals surface area contributed by atoms with Crippen LogP contribution < -0.4 is 5.32 Å². The maximum atomic E-state index is 12.4. The highest BCUT2D eigenvalue weighted by Gasteiger charge is 2.46. The van der Waals surface area contributed by atoms with Crippen molar-refractivity contribution in [2.45, 2.75) is 43.6 Å². The Kier molecular flexibility index (Phi) is 5.07. The fraction of sp³-hybridized carbons (Fsp3) is 0.538. The second kappa shape index (κ2) is 6.03. The molecule has 20 heavy (non-hydrogen) atoms. The first-order valence-electron chi connectivity index (χ1n) is 6.22. The van der Waals surface area contributed by atoms with Gasteiger partial charge in [-0.05, 0) is 43.5 Å². The Bertz CT molecular complexity index is 536. The Morgan fingerprint density at radius 1 is 1.10 bits per heavy atom. The van der Waals surface area contributed by atoms with Gasteiger partial charge in [0.15, 0.2) is 0 Å². The van der Waals surface area contributed by atoms with Crippen LogP contribution in [0, 0.1) is 5.92 Å². The van der Waals surface area contributed by atoms with Gasteiger partial charge >= 0.3 is 5.51 Å². The van der Waals surface area contributed by atoms with Crippen LogP contribution in [-0.4, -0.2) is 20.0 Å². The third-order valence-electron chi connectivity index (χ3n) is 2.71. The van der Waals surface area contributed by atoms with Gasteiger partial charge < -0.3 is 5.32 Å². The van der Waals surface area contributed by atoms with E-state index < -0.39 is 20.2 Å². The van der Waals surface area contributed by atoms with Gasteiger partial charge in [-0.15, -0.1) is 0 Å². The zero-order chi connectivity index (χ0) is 15.6. The van der Waals surface area contributed by atoms with E-state index in [2.05, 4.69) is 19.2 Å². The van der Waals surface area contributed by atoms with Gasteiger partial charge in [0.1, 0.15) is 0 Å². The number of anilines is 1. The molecule has 0 amide bonds. The minimum atomic E-state index is -5.27. The van der Waals surface area contributed by atoms with E-state index in [1.807, 2.05) is 6.92 Å². The molecular formula is C13H18F3NO2S. The average Bonchev–Trinajstić information content (AvgIpc) is 2.26. The van der Waals surface area contributed by atoms with Crippen LogP contribution in [0.5, 0.6) is 0 Å². The highest BCUT2D eigenvalue weighted by atomic mass is 32.2. The lowest BCUT2D eigenvalue weighted by Crippen LogP contribution is -2.23. The second-order valence-electron chi connectivity index (χ2n) is 5.15. The third-order valence-corrected chi connectivity index (χ3v) is 4.21. The first-order valence-corrected chi connectivity index (χ1v) is 7.70. The maximum absolute atomic E-state index is 12.4. The molecular weight excluding hydrogens is 291 g/mol. The van der Waals surface area contributed by atoms with E-state index in [-0.39, 0.29) is 6.04 Å². The monoisotopic (exact) mass is 309 g/mol.